The number of nitrogens with two attached hydrogens (primary N) is 1. The number of hydrogen-bond donors (Lipinski definition) is 1. The molecule has 3 rings (SSSR count). The predicted octanol–water partition coefficient (Wildman–Crippen LogP) is 2.87. The Morgan fingerprint density at radius 1 is 1.28 bits per heavy atom. The summed E-state index contributed by atoms with van der Waals surface area (Å²) in [7, 11) is 0. The van der Waals surface area contributed by atoms with E-state index in [1.807, 2.05) is 12.3 Å². The van der Waals surface area contributed by atoms with Crippen molar-refractivity contribution in [2.24, 2.45) is 5.73 Å². The van der Waals surface area contributed by atoms with Gasteiger partial charge in [0.05, 0.1) is 11.9 Å². The molecular weight excluding hydrogens is 242 g/mol. The number of nitrogens with zero attached hydrogens (tertiary/aromatic N) is 2. The third-order valence-electron chi connectivity index (χ3n) is 3.05. The molecule has 0 aliphatic heterocycles. The van der Waals surface area contributed by atoms with Crippen molar-refractivity contribution in [3.05, 3.63) is 47.1 Å². The van der Waals surface area contributed by atoms with Gasteiger partial charge in [0.25, 0.3) is 0 Å². The summed E-state index contributed by atoms with van der Waals surface area (Å²) in [6, 6.07) is 10.5. The largest absolute Gasteiger partial charge is 0.330 e. The Hall–Kier alpha value is -1.65. The molecule has 0 saturated carbocycles. The molecule has 4 heteroatoms. The monoisotopic (exact) mass is 257 g/mol. The Bertz CT molecular complexity index is 667. The minimum atomic E-state index is 0.650. The molecule has 0 bridgehead atoms. The summed E-state index contributed by atoms with van der Waals surface area (Å²) in [5.41, 5.74) is 9.34. The van der Waals surface area contributed by atoms with Crippen molar-refractivity contribution in [2.75, 3.05) is 6.54 Å². The number of imidazole rings is 1. The summed E-state index contributed by atoms with van der Waals surface area (Å²) >= 11 is 1.73. The van der Waals surface area contributed by atoms with E-state index in [1.54, 1.807) is 11.3 Å². The number of fused-ring (bicyclic) bond motifs is 1. The molecule has 0 aliphatic rings. The van der Waals surface area contributed by atoms with Crippen LogP contribution in [-0.4, -0.2) is 15.9 Å². The SMILES string of the molecule is Cc1sc2ncc(CCN)n2c1-c1ccccc1. The molecule has 92 valence electrons. The molecule has 0 atom stereocenters. The number of aromatic nitrogens is 2. The van der Waals surface area contributed by atoms with Gasteiger partial charge in [-0.05, 0) is 19.0 Å². The maximum atomic E-state index is 5.67. The molecule has 0 unspecified atom stereocenters. The smallest absolute Gasteiger partial charge is 0.194 e. The number of thiazole rings is 1. The number of rotatable bonds is 3. The van der Waals surface area contributed by atoms with Gasteiger partial charge in [0.15, 0.2) is 4.96 Å². The van der Waals surface area contributed by atoms with Gasteiger partial charge in [-0.15, -0.1) is 11.3 Å². The van der Waals surface area contributed by atoms with Crippen LogP contribution in [0.5, 0.6) is 0 Å². The Labute approximate surface area is 110 Å². The van der Waals surface area contributed by atoms with Crippen LogP contribution in [0.25, 0.3) is 16.2 Å². The van der Waals surface area contributed by atoms with E-state index in [1.165, 1.54) is 21.8 Å². The standard InChI is InChI=1S/C14H15N3S/c1-10-13(11-5-3-2-4-6-11)17-12(7-8-15)9-16-14(17)18-10/h2-6,9H,7-8,15H2,1H3. The summed E-state index contributed by atoms with van der Waals surface area (Å²) < 4.78 is 2.24. The molecular formula is C14H15N3S. The third-order valence-corrected chi connectivity index (χ3v) is 4.02. The second-order valence-corrected chi connectivity index (χ2v) is 5.46. The number of benzene rings is 1. The maximum absolute atomic E-state index is 5.67. The van der Waals surface area contributed by atoms with Crippen molar-refractivity contribution < 1.29 is 0 Å². The Morgan fingerprint density at radius 3 is 2.78 bits per heavy atom. The molecule has 2 N–H and O–H groups in total. The fourth-order valence-electron chi connectivity index (χ4n) is 2.27. The highest BCUT2D eigenvalue weighted by molar-refractivity contribution is 7.17. The van der Waals surface area contributed by atoms with E-state index in [0.717, 1.165) is 11.4 Å². The van der Waals surface area contributed by atoms with Crippen LogP contribution in [0.3, 0.4) is 0 Å². The van der Waals surface area contributed by atoms with Gasteiger partial charge in [0, 0.05) is 17.0 Å². The van der Waals surface area contributed by atoms with Crippen molar-refractivity contribution in [2.45, 2.75) is 13.3 Å². The zero-order valence-corrected chi connectivity index (χ0v) is 11.1. The van der Waals surface area contributed by atoms with Crippen molar-refractivity contribution >= 4 is 16.3 Å². The third kappa shape index (κ3) is 1.74. The van der Waals surface area contributed by atoms with E-state index >= 15 is 0 Å². The van der Waals surface area contributed by atoms with E-state index in [2.05, 4.69) is 40.6 Å². The Balaban J connectivity index is 2.27. The lowest BCUT2D eigenvalue weighted by atomic mass is 10.1. The summed E-state index contributed by atoms with van der Waals surface area (Å²) in [6.07, 6.45) is 2.79. The topological polar surface area (TPSA) is 43.3 Å². The highest BCUT2D eigenvalue weighted by Crippen LogP contribution is 2.31. The average molecular weight is 257 g/mol. The first-order chi connectivity index (χ1) is 8.81. The fraction of sp³-hybridized carbons (Fsp3) is 0.214. The van der Waals surface area contributed by atoms with E-state index in [4.69, 9.17) is 5.73 Å². The lowest BCUT2D eigenvalue weighted by Gasteiger charge is -2.05. The van der Waals surface area contributed by atoms with Crippen LogP contribution in [0.2, 0.25) is 0 Å². The summed E-state index contributed by atoms with van der Waals surface area (Å²) in [4.78, 5) is 6.81. The molecule has 2 aromatic heterocycles. The molecule has 18 heavy (non-hydrogen) atoms. The van der Waals surface area contributed by atoms with Crippen molar-refractivity contribution in [3.8, 4) is 11.3 Å². The van der Waals surface area contributed by atoms with Gasteiger partial charge >= 0.3 is 0 Å². The van der Waals surface area contributed by atoms with Crippen LogP contribution in [0.1, 0.15) is 10.6 Å². The summed E-state index contributed by atoms with van der Waals surface area (Å²) in [5.74, 6) is 0. The highest BCUT2D eigenvalue weighted by atomic mass is 32.1. The zero-order chi connectivity index (χ0) is 12.5. The summed E-state index contributed by atoms with van der Waals surface area (Å²) in [5, 5.41) is 0. The quantitative estimate of drug-likeness (QED) is 0.784. The minimum Gasteiger partial charge on any atom is -0.330 e. The van der Waals surface area contributed by atoms with Crippen LogP contribution in [0, 0.1) is 6.92 Å². The van der Waals surface area contributed by atoms with Gasteiger partial charge in [0.1, 0.15) is 0 Å². The van der Waals surface area contributed by atoms with Gasteiger partial charge in [-0.3, -0.25) is 4.40 Å². The molecule has 1 aromatic carbocycles. The van der Waals surface area contributed by atoms with Gasteiger partial charge in [-0.25, -0.2) is 4.98 Å². The van der Waals surface area contributed by atoms with E-state index in [0.29, 0.717) is 6.54 Å². The Kier molecular flexibility index (Phi) is 2.89. The van der Waals surface area contributed by atoms with Crippen LogP contribution in [-0.2, 0) is 6.42 Å². The second kappa shape index (κ2) is 4.55. The molecule has 0 spiro atoms. The highest BCUT2D eigenvalue weighted by Gasteiger charge is 2.14. The first-order valence-corrected chi connectivity index (χ1v) is 6.84. The Morgan fingerprint density at radius 2 is 2.06 bits per heavy atom. The van der Waals surface area contributed by atoms with Crippen LogP contribution >= 0.6 is 11.3 Å². The first kappa shape index (κ1) is 11.4. The lowest BCUT2D eigenvalue weighted by Crippen LogP contribution is -2.05. The van der Waals surface area contributed by atoms with Gasteiger partial charge in [0.2, 0.25) is 0 Å². The first-order valence-electron chi connectivity index (χ1n) is 6.02. The van der Waals surface area contributed by atoms with E-state index in [9.17, 15) is 0 Å². The molecule has 0 amide bonds. The van der Waals surface area contributed by atoms with Gasteiger partial charge in [-0.1, -0.05) is 30.3 Å². The molecule has 0 fully saturated rings. The fourth-order valence-corrected chi connectivity index (χ4v) is 3.26. The van der Waals surface area contributed by atoms with Crippen molar-refractivity contribution in [1.82, 2.24) is 9.38 Å². The van der Waals surface area contributed by atoms with Gasteiger partial charge < -0.3 is 5.73 Å². The molecule has 3 nitrogen and oxygen atoms in total. The summed E-state index contributed by atoms with van der Waals surface area (Å²) in [6.45, 7) is 2.80. The molecule has 0 radical (unpaired) electrons. The number of aryl methyl sites for hydroxylation is 1. The van der Waals surface area contributed by atoms with Crippen LogP contribution in [0.15, 0.2) is 36.5 Å². The van der Waals surface area contributed by atoms with Crippen LogP contribution in [0.4, 0.5) is 0 Å². The molecule has 0 saturated heterocycles. The molecule has 0 aliphatic carbocycles. The number of hydrogen-bond acceptors (Lipinski definition) is 3. The lowest BCUT2D eigenvalue weighted by molar-refractivity contribution is 0.910. The predicted molar refractivity (Wildman–Crippen MR) is 76.0 cm³/mol. The second-order valence-electron chi connectivity index (χ2n) is 4.28. The van der Waals surface area contributed by atoms with Crippen LogP contribution < -0.4 is 5.73 Å². The normalized spacial score (nSPS) is 11.2. The van der Waals surface area contributed by atoms with E-state index < -0.39 is 0 Å². The van der Waals surface area contributed by atoms with Crippen molar-refractivity contribution in [1.29, 1.82) is 0 Å². The molecule has 3 aromatic rings. The average Bonchev–Trinajstić information content (AvgIpc) is 2.90. The molecule has 2 heterocycles. The maximum Gasteiger partial charge on any atom is 0.194 e. The van der Waals surface area contributed by atoms with Crippen molar-refractivity contribution in [3.63, 3.8) is 0 Å². The minimum absolute atomic E-state index is 0.650. The van der Waals surface area contributed by atoms with E-state index in [-0.39, 0.29) is 0 Å². The van der Waals surface area contributed by atoms with Gasteiger partial charge in [-0.2, -0.15) is 0 Å². The zero-order valence-electron chi connectivity index (χ0n) is 10.3.